The third-order valence-electron chi connectivity index (χ3n) is 7.27. The number of nitrogens with one attached hydrogen (secondary N) is 1. The fourth-order valence-electron chi connectivity index (χ4n) is 5.40. The predicted molar refractivity (Wildman–Crippen MR) is 175 cm³/mol. The number of hydrogen-bond donors (Lipinski definition) is 2. The molecule has 0 radical (unpaired) electrons. The normalized spacial score (nSPS) is 16.5. The summed E-state index contributed by atoms with van der Waals surface area (Å²) in [4.78, 5) is 39.2. The van der Waals surface area contributed by atoms with Crippen molar-refractivity contribution in [2.45, 2.75) is 60.9 Å². The van der Waals surface area contributed by atoms with E-state index in [0.717, 1.165) is 30.2 Å². The molecule has 9 nitrogen and oxygen atoms in total. The summed E-state index contributed by atoms with van der Waals surface area (Å²) in [6.45, 7) is 5.40. The summed E-state index contributed by atoms with van der Waals surface area (Å²) in [5, 5.41) is 14.8. The molecule has 4 aromatic heterocycles. The van der Waals surface area contributed by atoms with E-state index in [0.29, 0.717) is 44.1 Å². The third kappa shape index (κ3) is 6.44. The van der Waals surface area contributed by atoms with Crippen LogP contribution >= 0.6 is 11.3 Å². The molecule has 1 aliphatic carbocycles. The second-order valence-corrected chi connectivity index (χ2v) is 11.0. The highest BCUT2D eigenvalue weighted by molar-refractivity contribution is 7.17. The first-order valence-electron chi connectivity index (χ1n) is 13.1. The van der Waals surface area contributed by atoms with Gasteiger partial charge in [0.05, 0.1) is 27.3 Å². The van der Waals surface area contributed by atoms with Crippen LogP contribution in [0.5, 0.6) is 11.6 Å². The van der Waals surface area contributed by atoms with Crippen molar-refractivity contribution in [3.63, 3.8) is 0 Å². The van der Waals surface area contributed by atoms with Crippen molar-refractivity contribution in [1.82, 2.24) is 24.8 Å². The van der Waals surface area contributed by atoms with Crippen LogP contribution in [-0.4, -0.2) is 36.6 Å². The number of ether oxygens (including phenoxy) is 1. The number of aliphatic hydroxyl groups excluding tert-OH is 1. The fourth-order valence-corrected chi connectivity index (χ4v) is 6.46. The van der Waals surface area contributed by atoms with Crippen molar-refractivity contribution in [1.29, 1.82) is 0 Å². The van der Waals surface area contributed by atoms with Gasteiger partial charge < -0.3 is 15.2 Å². The van der Waals surface area contributed by atoms with E-state index in [9.17, 15) is 14.7 Å². The van der Waals surface area contributed by atoms with Crippen molar-refractivity contribution < 1.29 is 14.6 Å². The Morgan fingerprint density at radius 1 is 1.19 bits per heavy atom. The van der Waals surface area contributed by atoms with Gasteiger partial charge in [-0.2, -0.15) is 4.98 Å². The minimum Gasteiger partial charge on any atom is -0.511 e. The number of benzene rings is 1. The second kappa shape index (κ2) is 13.6. The zero-order valence-electron chi connectivity index (χ0n) is 21.8. The standard InChI is InChI=1S/C30H27N5O4S.3CH4/c1-3-24(37)33-19-10-9-18(14-19)15-23(36)28-27-26-21(11-12-31-29(26)40-28)35(30(38)34-27)22-16-32-25(13-17(22)2)39-20-7-5-4-6-8-20;;;/h3-8,11-13,16,18-19,36H,1,9-10,14-15H2,2H3,(H,33,37);3*1H4/t18-,19-;;;/m1.../s1. The smallest absolute Gasteiger partial charge is 0.353 e. The molecular formula is C33H39N5O4S. The monoisotopic (exact) mass is 601 g/mol. The Hall–Kier alpha value is -4.57. The lowest BCUT2D eigenvalue weighted by Gasteiger charge is -2.13. The molecule has 10 heteroatoms. The van der Waals surface area contributed by atoms with E-state index in [1.54, 1.807) is 24.5 Å². The number of carbonyl (C=O) groups excluding carboxylic acids is 1. The Balaban J connectivity index is 0.00000169. The van der Waals surface area contributed by atoms with Gasteiger partial charge in [-0.05, 0) is 61.9 Å². The molecule has 1 aromatic carbocycles. The summed E-state index contributed by atoms with van der Waals surface area (Å²) in [6.07, 6.45) is 7.48. The summed E-state index contributed by atoms with van der Waals surface area (Å²) < 4.78 is 7.94. The van der Waals surface area contributed by atoms with E-state index >= 15 is 0 Å². The molecule has 1 fully saturated rings. The Morgan fingerprint density at radius 3 is 2.67 bits per heavy atom. The summed E-state index contributed by atoms with van der Waals surface area (Å²) in [5.74, 6) is 1.31. The molecule has 226 valence electrons. The highest BCUT2D eigenvalue weighted by atomic mass is 32.1. The minimum atomic E-state index is -0.470. The van der Waals surface area contributed by atoms with Crippen LogP contribution in [0.4, 0.5) is 0 Å². The maximum absolute atomic E-state index is 13.5. The average Bonchev–Trinajstić information content (AvgIpc) is 3.55. The number of hydrogen-bond acceptors (Lipinski definition) is 8. The Morgan fingerprint density at radius 2 is 1.95 bits per heavy atom. The van der Waals surface area contributed by atoms with Crippen molar-refractivity contribution in [2.75, 3.05) is 0 Å². The number of pyridine rings is 2. The molecule has 0 bridgehead atoms. The predicted octanol–water partition coefficient (Wildman–Crippen LogP) is 6.65. The van der Waals surface area contributed by atoms with E-state index in [1.807, 2.05) is 37.3 Å². The topological polar surface area (TPSA) is 119 Å². The number of amides is 1. The molecule has 6 rings (SSSR count). The molecule has 0 aliphatic heterocycles. The first-order chi connectivity index (χ1) is 19.4. The number of carbonyl (C=O) groups is 1. The van der Waals surface area contributed by atoms with Crippen LogP contribution in [0.2, 0.25) is 0 Å². The van der Waals surface area contributed by atoms with Crippen LogP contribution in [0.15, 0.2) is 72.3 Å². The fraction of sp³-hybridized carbons (Fsp3) is 0.303. The highest BCUT2D eigenvalue weighted by Crippen LogP contribution is 2.32. The molecule has 1 aliphatic rings. The highest BCUT2D eigenvalue weighted by Gasteiger charge is 2.27. The lowest BCUT2D eigenvalue weighted by Crippen LogP contribution is -2.31. The number of rotatable bonds is 7. The summed E-state index contributed by atoms with van der Waals surface area (Å²) in [7, 11) is 0. The van der Waals surface area contributed by atoms with Gasteiger partial charge in [0, 0.05) is 24.7 Å². The van der Waals surface area contributed by atoms with Crippen LogP contribution < -0.4 is 20.3 Å². The molecule has 4 heterocycles. The van der Waals surface area contributed by atoms with Crippen molar-refractivity contribution >= 4 is 44.3 Å². The average molecular weight is 602 g/mol. The Kier molecular flexibility index (Phi) is 10.4. The molecule has 1 saturated carbocycles. The minimum absolute atomic E-state index is 0. The van der Waals surface area contributed by atoms with Gasteiger partial charge in [-0.25, -0.2) is 14.8 Å². The van der Waals surface area contributed by atoms with Gasteiger partial charge in [-0.15, -0.1) is 11.3 Å². The molecule has 0 spiro atoms. The molecule has 43 heavy (non-hydrogen) atoms. The van der Waals surface area contributed by atoms with E-state index in [4.69, 9.17) is 4.74 Å². The lowest BCUT2D eigenvalue weighted by molar-refractivity contribution is -0.117. The Bertz CT molecular complexity index is 1870. The number of aliphatic hydroxyl groups is 1. The SMILES string of the molecule is C.C.C.C=CC(=O)N[C@@H]1CC[C@@H](CC(O)=c2sc3nccc4c3c2nc(=O)n4-c2cnc(Oc3ccccc3)cc2C)C1. The van der Waals surface area contributed by atoms with E-state index < -0.39 is 5.69 Å². The van der Waals surface area contributed by atoms with Crippen LogP contribution in [-0.2, 0) is 4.79 Å². The second-order valence-electron chi connectivity index (χ2n) is 9.98. The summed E-state index contributed by atoms with van der Waals surface area (Å²) in [6, 6.07) is 13.0. The van der Waals surface area contributed by atoms with Crippen LogP contribution in [0, 0.1) is 12.8 Å². The first-order valence-corrected chi connectivity index (χ1v) is 13.9. The molecule has 2 N–H and O–H groups in total. The van der Waals surface area contributed by atoms with E-state index in [-0.39, 0.29) is 45.9 Å². The zero-order chi connectivity index (χ0) is 27.8. The van der Waals surface area contributed by atoms with Gasteiger partial charge in [0.1, 0.15) is 21.9 Å². The van der Waals surface area contributed by atoms with Crippen molar-refractivity contribution in [2.24, 2.45) is 5.92 Å². The van der Waals surface area contributed by atoms with Crippen molar-refractivity contribution in [3.05, 3.63) is 88.1 Å². The van der Waals surface area contributed by atoms with Crippen LogP contribution in [0.25, 0.3) is 32.7 Å². The summed E-state index contributed by atoms with van der Waals surface area (Å²) in [5.41, 5.74) is 2.01. The molecule has 0 saturated heterocycles. The van der Waals surface area contributed by atoms with Gasteiger partial charge in [-0.1, -0.05) is 47.1 Å². The van der Waals surface area contributed by atoms with Gasteiger partial charge in [0.25, 0.3) is 0 Å². The number of nitrogens with zero attached hydrogens (tertiary/aromatic N) is 4. The molecular weight excluding hydrogens is 562 g/mol. The largest absolute Gasteiger partial charge is 0.511 e. The van der Waals surface area contributed by atoms with Gasteiger partial charge in [0.15, 0.2) is 0 Å². The van der Waals surface area contributed by atoms with Crippen LogP contribution in [0.3, 0.4) is 0 Å². The number of thiophene rings is 1. The van der Waals surface area contributed by atoms with Crippen molar-refractivity contribution in [3.8, 4) is 17.3 Å². The third-order valence-corrected chi connectivity index (χ3v) is 8.40. The molecule has 1 amide bonds. The quantitative estimate of drug-likeness (QED) is 0.201. The molecule has 5 aromatic rings. The molecule has 0 unspecified atom stereocenters. The number of aryl methyl sites for hydroxylation is 1. The van der Waals surface area contributed by atoms with E-state index in [1.165, 1.54) is 22.0 Å². The van der Waals surface area contributed by atoms with Gasteiger partial charge >= 0.3 is 5.69 Å². The number of aromatic nitrogens is 4. The maximum atomic E-state index is 13.5. The lowest BCUT2D eigenvalue weighted by atomic mass is 10.0. The number of para-hydroxylation sites is 1. The first kappa shape index (κ1) is 32.9. The Labute approximate surface area is 255 Å². The van der Waals surface area contributed by atoms with Gasteiger partial charge in [-0.3, -0.25) is 9.36 Å². The van der Waals surface area contributed by atoms with Crippen LogP contribution in [0.1, 0.15) is 53.5 Å². The maximum Gasteiger partial charge on any atom is 0.353 e. The zero-order valence-corrected chi connectivity index (χ0v) is 22.6. The van der Waals surface area contributed by atoms with E-state index in [2.05, 4.69) is 26.8 Å². The van der Waals surface area contributed by atoms with Gasteiger partial charge in [0.2, 0.25) is 11.8 Å². The molecule has 2 atom stereocenters. The summed E-state index contributed by atoms with van der Waals surface area (Å²) >= 11 is 1.33.